The second-order valence-electron chi connectivity index (χ2n) is 9.86. The van der Waals surface area contributed by atoms with E-state index in [0.717, 1.165) is 66.4 Å². The van der Waals surface area contributed by atoms with E-state index < -0.39 is 0 Å². The summed E-state index contributed by atoms with van der Waals surface area (Å²) >= 11 is 0. The van der Waals surface area contributed by atoms with Crippen molar-refractivity contribution >= 4 is 41.8 Å². The van der Waals surface area contributed by atoms with E-state index in [9.17, 15) is 4.79 Å². The molecular weight excluding hydrogens is 433 g/mol. The van der Waals surface area contributed by atoms with E-state index in [0.29, 0.717) is 5.92 Å². The Kier molecular flexibility index (Phi) is 8.39. The van der Waals surface area contributed by atoms with Crippen LogP contribution in [0.5, 0.6) is 0 Å². The van der Waals surface area contributed by atoms with E-state index in [1.54, 1.807) is 0 Å². The van der Waals surface area contributed by atoms with Gasteiger partial charge >= 0.3 is 0 Å². The van der Waals surface area contributed by atoms with Gasteiger partial charge in [-0.15, -0.1) is 24.8 Å². The van der Waals surface area contributed by atoms with Gasteiger partial charge in [0.1, 0.15) is 0 Å². The Morgan fingerprint density at radius 3 is 2.35 bits per heavy atom. The third-order valence-electron chi connectivity index (χ3n) is 6.40. The zero-order valence-electron chi connectivity index (χ0n) is 19.4. The van der Waals surface area contributed by atoms with Gasteiger partial charge in [0.25, 0.3) is 5.91 Å². The van der Waals surface area contributed by atoms with Crippen molar-refractivity contribution in [3.63, 3.8) is 0 Å². The van der Waals surface area contributed by atoms with Crippen molar-refractivity contribution in [2.24, 2.45) is 5.92 Å². The number of aromatic nitrogens is 3. The molecule has 174 valence electrons. The van der Waals surface area contributed by atoms with Gasteiger partial charge in [-0.3, -0.25) is 4.79 Å². The molecule has 2 aliphatic rings. The van der Waals surface area contributed by atoms with Crippen LogP contribution in [-0.2, 0) is 5.54 Å². The molecule has 1 saturated heterocycles. The highest BCUT2D eigenvalue weighted by molar-refractivity contribution is 6.06. The van der Waals surface area contributed by atoms with Crippen molar-refractivity contribution in [3.05, 3.63) is 23.0 Å². The van der Waals surface area contributed by atoms with Crippen LogP contribution in [0, 0.1) is 12.8 Å². The maximum absolute atomic E-state index is 13.6. The highest BCUT2D eigenvalue weighted by Gasteiger charge is 2.32. The first-order chi connectivity index (χ1) is 13.8. The van der Waals surface area contributed by atoms with Crippen LogP contribution < -0.4 is 5.32 Å². The fourth-order valence-corrected chi connectivity index (χ4v) is 4.48. The molecule has 2 aromatic rings. The average molecular weight is 470 g/mol. The zero-order chi connectivity index (χ0) is 20.8. The maximum Gasteiger partial charge on any atom is 0.254 e. The molecule has 0 bridgehead atoms. The molecule has 1 N–H and O–H groups in total. The van der Waals surface area contributed by atoms with Crippen molar-refractivity contribution in [1.82, 2.24) is 25.0 Å². The summed E-state index contributed by atoms with van der Waals surface area (Å²) in [6.07, 6.45) is 5.73. The molecule has 0 unspecified atom stereocenters. The number of amides is 1. The van der Waals surface area contributed by atoms with Crippen LogP contribution in [0.1, 0.15) is 80.5 Å². The van der Waals surface area contributed by atoms with E-state index in [1.807, 2.05) is 18.7 Å². The number of carbonyl (C=O) groups excluding carboxylic acids is 1. The van der Waals surface area contributed by atoms with E-state index in [1.165, 1.54) is 19.3 Å². The highest BCUT2D eigenvalue weighted by Crippen LogP contribution is 2.41. The molecule has 3 heterocycles. The summed E-state index contributed by atoms with van der Waals surface area (Å²) in [5.41, 5.74) is 3.46. The first-order valence-corrected chi connectivity index (χ1v) is 11.1. The quantitative estimate of drug-likeness (QED) is 0.690. The smallest absolute Gasteiger partial charge is 0.254 e. The Balaban J connectivity index is 0.00000171. The lowest BCUT2D eigenvalue weighted by Crippen LogP contribution is -2.39. The van der Waals surface area contributed by atoms with Crippen LogP contribution in [0.4, 0.5) is 0 Å². The van der Waals surface area contributed by atoms with E-state index >= 15 is 0 Å². The van der Waals surface area contributed by atoms with Crippen molar-refractivity contribution in [2.45, 2.75) is 71.3 Å². The number of hydrogen-bond donors (Lipinski definition) is 1. The SMILES string of the molecule is CNCCC1CCN(C(=O)c2cc(C3CC3)nc3c2c(C)nn3C(C)(C)C)CC1.Cl.Cl. The summed E-state index contributed by atoms with van der Waals surface area (Å²) in [6.45, 7) is 11.2. The fourth-order valence-electron chi connectivity index (χ4n) is 4.48. The predicted octanol–water partition coefficient (Wildman–Crippen LogP) is 4.68. The molecule has 1 amide bonds. The number of aryl methyl sites for hydroxylation is 1. The summed E-state index contributed by atoms with van der Waals surface area (Å²) < 4.78 is 2.00. The van der Waals surface area contributed by atoms with E-state index in [4.69, 9.17) is 10.1 Å². The summed E-state index contributed by atoms with van der Waals surface area (Å²) in [5.74, 6) is 1.38. The largest absolute Gasteiger partial charge is 0.339 e. The second-order valence-corrected chi connectivity index (χ2v) is 9.86. The molecule has 8 heteroatoms. The van der Waals surface area contributed by atoms with Crippen molar-refractivity contribution in [3.8, 4) is 0 Å². The summed E-state index contributed by atoms with van der Waals surface area (Å²) in [6, 6.07) is 2.07. The summed E-state index contributed by atoms with van der Waals surface area (Å²) in [5, 5.41) is 8.97. The summed E-state index contributed by atoms with van der Waals surface area (Å²) in [4.78, 5) is 20.6. The lowest BCUT2D eigenvalue weighted by Gasteiger charge is -2.32. The minimum atomic E-state index is -0.173. The van der Waals surface area contributed by atoms with Crippen LogP contribution in [0.25, 0.3) is 11.0 Å². The van der Waals surface area contributed by atoms with Gasteiger partial charge in [0.2, 0.25) is 0 Å². The number of hydrogen-bond acceptors (Lipinski definition) is 4. The Morgan fingerprint density at radius 2 is 1.81 bits per heavy atom. The van der Waals surface area contributed by atoms with Crippen LogP contribution >= 0.6 is 24.8 Å². The lowest BCUT2D eigenvalue weighted by atomic mass is 9.93. The first kappa shape index (κ1) is 25.9. The molecular formula is C23H37Cl2N5O. The van der Waals surface area contributed by atoms with Gasteiger partial charge in [-0.25, -0.2) is 9.67 Å². The molecule has 0 radical (unpaired) electrons. The van der Waals surface area contributed by atoms with Gasteiger partial charge in [-0.05, 0) is 85.4 Å². The molecule has 2 aromatic heterocycles. The maximum atomic E-state index is 13.6. The monoisotopic (exact) mass is 469 g/mol. The van der Waals surface area contributed by atoms with Crippen molar-refractivity contribution in [2.75, 3.05) is 26.7 Å². The number of rotatable bonds is 5. The normalized spacial score (nSPS) is 17.4. The number of likely N-dealkylation sites (tertiary alicyclic amines) is 1. The van der Waals surface area contributed by atoms with Gasteiger partial charge in [0, 0.05) is 24.7 Å². The molecule has 1 aliphatic carbocycles. The van der Waals surface area contributed by atoms with Crippen LogP contribution in [0.2, 0.25) is 0 Å². The van der Waals surface area contributed by atoms with Crippen molar-refractivity contribution in [1.29, 1.82) is 0 Å². The van der Waals surface area contributed by atoms with Gasteiger partial charge in [-0.2, -0.15) is 5.10 Å². The number of fused-ring (bicyclic) bond motifs is 1. The molecule has 1 aliphatic heterocycles. The van der Waals surface area contributed by atoms with E-state index in [2.05, 4.69) is 37.1 Å². The molecule has 31 heavy (non-hydrogen) atoms. The second kappa shape index (κ2) is 10.1. The van der Waals surface area contributed by atoms with Crippen molar-refractivity contribution < 1.29 is 4.79 Å². The fraction of sp³-hybridized carbons (Fsp3) is 0.696. The molecule has 0 spiro atoms. The Labute approximate surface area is 198 Å². The number of carbonyl (C=O) groups is 1. The lowest BCUT2D eigenvalue weighted by molar-refractivity contribution is 0.0689. The Bertz CT molecular complexity index is 909. The number of nitrogens with zero attached hydrogens (tertiary/aromatic N) is 4. The number of pyridine rings is 1. The highest BCUT2D eigenvalue weighted by atomic mass is 35.5. The summed E-state index contributed by atoms with van der Waals surface area (Å²) in [7, 11) is 2.00. The predicted molar refractivity (Wildman–Crippen MR) is 131 cm³/mol. The Hall–Kier alpha value is -1.37. The number of halogens is 2. The standard InChI is InChI=1S/C23H35N5O.2ClH/c1-15-20-18(22(29)27-12-9-16(10-13-27)8-11-24-5)14-19(17-6-7-17)25-21(20)28(26-15)23(2,3)4;;/h14,16-17,24H,6-13H2,1-5H3;2*1H. The zero-order valence-corrected chi connectivity index (χ0v) is 21.0. The number of nitrogens with one attached hydrogen (secondary N) is 1. The Morgan fingerprint density at radius 1 is 1.16 bits per heavy atom. The van der Waals surface area contributed by atoms with Gasteiger partial charge < -0.3 is 10.2 Å². The molecule has 4 rings (SSSR count). The van der Waals surface area contributed by atoms with Crippen LogP contribution in [0.3, 0.4) is 0 Å². The van der Waals surface area contributed by atoms with Crippen LogP contribution in [-0.4, -0.2) is 52.3 Å². The van der Waals surface area contributed by atoms with Gasteiger partial charge in [0.05, 0.1) is 22.2 Å². The minimum absolute atomic E-state index is 0. The minimum Gasteiger partial charge on any atom is -0.339 e. The molecule has 0 aromatic carbocycles. The number of piperidine rings is 1. The molecule has 0 atom stereocenters. The molecule has 2 fully saturated rings. The molecule has 6 nitrogen and oxygen atoms in total. The third kappa shape index (κ3) is 5.35. The van der Waals surface area contributed by atoms with Gasteiger partial charge in [0.15, 0.2) is 5.65 Å². The van der Waals surface area contributed by atoms with Gasteiger partial charge in [-0.1, -0.05) is 0 Å². The average Bonchev–Trinajstić information content (AvgIpc) is 3.48. The third-order valence-corrected chi connectivity index (χ3v) is 6.40. The van der Waals surface area contributed by atoms with Crippen LogP contribution in [0.15, 0.2) is 6.07 Å². The molecule has 1 saturated carbocycles. The first-order valence-electron chi connectivity index (χ1n) is 11.1. The topological polar surface area (TPSA) is 63.1 Å². The van der Waals surface area contributed by atoms with E-state index in [-0.39, 0.29) is 36.3 Å².